The third kappa shape index (κ3) is 4.52. The molecule has 3 heteroatoms. The summed E-state index contributed by atoms with van der Waals surface area (Å²) in [6, 6.07) is 0. The molecule has 0 unspecified atom stereocenters. The Hall–Kier alpha value is -0.120. The van der Waals surface area contributed by atoms with Crippen molar-refractivity contribution in [2.24, 2.45) is 11.8 Å². The third-order valence-corrected chi connectivity index (χ3v) is 4.59. The van der Waals surface area contributed by atoms with Gasteiger partial charge in [0.1, 0.15) is 0 Å². The molecule has 0 bridgehead atoms. The van der Waals surface area contributed by atoms with Gasteiger partial charge in [-0.2, -0.15) is 0 Å². The SMILES string of the molecule is C1CNCCN(CCN(CC2CC2)CC2CC2)C1. The predicted molar refractivity (Wildman–Crippen MR) is 75.8 cm³/mol. The van der Waals surface area contributed by atoms with Crippen LogP contribution in [0.25, 0.3) is 0 Å². The molecular formula is C15H29N3. The lowest BCUT2D eigenvalue weighted by Crippen LogP contribution is -2.38. The maximum absolute atomic E-state index is 3.49. The van der Waals surface area contributed by atoms with Crippen LogP contribution in [0.4, 0.5) is 0 Å². The Morgan fingerprint density at radius 3 is 2.33 bits per heavy atom. The normalized spacial score (nSPS) is 26.5. The van der Waals surface area contributed by atoms with E-state index in [2.05, 4.69) is 15.1 Å². The Balaban J connectivity index is 1.39. The average Bonchev–Trinajstić information content (AvgIpc) is 3.22. The molecule has 104 valence electrons. The molecule has 3 fully saturated rings. The zero-order valence-electron chi connectivity index (χ0n) is 11.7. The number of hydrogen-bond donors (Lipinski definition) is 1. The topological polar surface area (TPSA) is 18.5 Å². The lowest BCUT2D eigenvalue weighted by molar-refractivity contribution is 0.199. The molecule has 0 aromatic rings. The molecule has 1 heterocycles. The minimum Gasteiger partial charge on any atom is -0.315 e. The van der Waals surface area contributed by atoms with Gasteiger partial charge in [-0.15, -0.1) is 0 Å². The van der Waals surface area contributed by atoms with E-state index in [1.165, 1.54) is 84.5 Å². The summed E-state index contributed by atoms with van der Waals surface area (Å²) in [5, 5.41) is 3.49. The minimum absolute atomic E-state index is 1.05. The van der Waals surface area contributed by atoms with Crippen molar-refractivity contribution in [3.63, 3.8) is 0 Å². The van der Waals surface area contributed by atoms with Gasteiger partial charge in [0, 0.05) is 39.3 Å². The molecule has 0 spiro atoms. The summed E-state index contributed by atoms with van der Waals surface area (Å²) >= 11 is 0. The molecular weight excluding hydrogens is 222 g/mol. The Morgan fingerprint density at radius 1 is 0.944 bits per heavy atom. The molecule has 0 amide bonds. The molecule has 18 heavy (non-hydrogen) atoms. The monoisotopic (exact) mass is 251 g/mol. The van der Waals surface area contributed by atoms with Crippen molar-refractivity contribution in [3.05, 3.63) is 0 Å². The molecule has 0 aromatic heterocycles. The molecule has 1 aliphatic heterocycles. The van der Waals surface area contributed by atoms with Crippen LogP contribution < -0.4 is 5.32 Å². The van der Waals surface area contributed by atoms with Crippen LogP contribution >= 0.6 is 0 Å². The van der Waals surface area contributed by atoms with Crippen molar-refractivity contribution in [3.8, 4) is 0 Å². The Kier molecular flexibility index (Phi) is 4.55. The smallest absolute Gasteiger partial charge is 0.0110 e. The highest BCUT2D eigenvalue weighted by atomic mass is 15.2. The van der Waals surface area contributed by atoms with Gasteiger partial charge in [0.15, 0.2) is 0 Å². The van der Waals surface area contributed by atoms with E-state index in [0.29, 0.717) is 0 Å². The number of hydrogen-bond acceptors (Lipinski definition) is 3. The van der Waals surface area contributed by atoms with Crippen molar-refractivity contribution in [2.45, 2.75) is 32.1 Å². The van der Waals surface area contributed by atoms with Crippen molar-refractivity contribution >= 4 is 0 Å². The van der Waals surface area contributed by atoms with Crippen molar-refractivity contribution < 1.29 is 0 Å². The van der Waals surface area contributed by atoms with Crippen LogP contribution in [0, 0.1) is 11.8 Å². The molecule has 1 saturated heterocycles. The van der Waals surface area contributed by atoms with Crippen LogP contribution in [-0.2, 0) is 0 Å². The molecule has 2 aliphatic carbocycles. The number of rotatable bonds is 7. The summed E-state index contributed by atoms with van der Waals surface area (Å²) < 4.78 is 0. The predicted octanol–water partition coefficient (Wildman–Crippen LogP) is 1.40. The molecule has 2 saturated carbocycles. The highest BCUT2D eigenvalue weighted by Crippen LogP contribution is 2.33. The summed E-state index contributed by atoms with van der Waals surface area (Å²) in [5.41, 5.74) is 0. The first kappa shape index (κ1) is 12.9. The fourth-order valence-corrected chi connectivity index (χ4v) is 3.00. The fourth-order valence-electron chi connectivity index (χ4n) is 3.00. The van der Waals surface area contributed by atoms with Crippen molar-refractivity contribution in [2.75, 3.05) is 52.4 Å². The van der Waals surface area contributed by atoms with Gasteiger partial charge in [-0.25, -0.2) is 0 Å². The second kappa shape index (κ2) is 6.36. The quantitative estimate of drug-likeness (QED) is 0.738. The Bertz CT molecular complexity index is 226. The standard InChI is InChI=1S/C15H29N3/c1-6-16-7-9-17(8-1)10-11-18(12-14-2-3-14)13-15-4-5-15/h14-16H,1-13H2. The highest BCUT2D eigenvalue weighted by molar-refractivity contribution is 4.83. The first-order valence-corrected chi connectivity index (χ1v) is 8.05. The molecule has 0 aromatic carbocycles. The van der Waals surface area contributed by atoms with Gasteiger partial charge >= 0.3 is 0 Å². The molecule has 1 N–H and O–H groups in total. The first-order chi connectivity index (χ1) is 8.90. The van der Waals surface area contributed by atoms with Crippen molar-refractivity contribution in [1.29, 1.82) is 0 Å². The van der Waals surface area contributed by atoms with E-state index in [9.17, 15) is 0 Å². The summed E-state index contributed by atoms with van der Waals surface area (Å²) in [6.07, 6.45) is 7.30. The summed E-state index contributed by atoms with van der Waals surface area (Å²) in [6.45, 7) is 10.3. The maximum Gasteiger partial charge on any atom is 0.0110 e. The third-order valence-electron chi connectivity index (χ3n) is 4.59. The zero-order valence-corrected chi connectivity index (χ0v) is 11.7. The first-order valence-electron chi connectivity index (χ1n) is 8.05. The van der Waals surface area contributed by atoms with Crippen molar-refractivity contribution in [1.82, 2.24) is 15.1 Å². The molecule has 3 rings (SSSR count). The molecule has 3 nitrogen and oxygen atoms in total. The number of nitrogens with zero attached hydrogens (tertiary/aromatic N) is 2. The van der Waals surface area contributed by atoms with Gasteiger partial charge in [0.25, 0.3) is 0 Å². The van der Waals surface area contributed by atoms with E-state index in [-0.39, 0.29) is 0 Å². The van der Waals surface area contributed by atoms with E-state index >= 15 is 0 Å². The van der Waals surface area contributed by atoms with Gasteiger partial charge in [-0.3, -0.25) is 0 Å². The van der Waals surface area contributed by atoms with Gasteiger partial charge in [-0.05, 0) is 57.0 Å². The van der Waals surface area contributed by atoms with Gasteiger partial charge in [0.2, 0.25) is 0 Å². The van der Waals surface area contributed by atoms with Crippen LogP contribution in [0.15, 0.2) is 0 Å². The molecule has 0 radical (unpaired) electrons. The Morgan fingerprint density at radius 2 is 1.67 bits per heavy atom. The van der Waals surface area contributed by atoms with Gasteiger partial charge in [0.05, 0.1) is 0 Å². The minimum atomic E-state index is 1.05. The van der Waals surface area contributed by atoms with Crippen LogP contribution in [0.5, 0.6) is 0 Å². The van der Waals surface area contributed by atoms with Crippen LogP contribution in [-0.4, -0.2) is 62.2 Å². The van der Waals surface area contributed by atoms with Crippen LogP contribution in [0.1, 0.15) is 32.1 Å². The number of nitrogens with one attached hydrogen (secondary N) is 1. The van der Waals surface area contributed by atoms with Gasteiger partial charge in [-0.1, -0.05) is 0 Å². The maximum atomic E-state index is 3.49. The van der Waals surface area contributed by atoms with Crippen LogP contribution in [0.3, 0.4) is 0 Å². The zero-order chi connectivity index (χ0) is 12.2. The lowest BCUT2D eigenvalue weighted by atomic mass is 10.3. The largest absolute Gasteiger partial charge is 0.315 e. The lowest BCUT2D eigenvalue weighted by Gasteiger charge is -2.26. The highest BCUT2D eigenvalue weighted by Gasteiger charge is 2.29. The Labute approximate surface area is 112 Å². The summed E-state index contributed by atoms with van der Waals surface area (Å²) in [4.78, 5) is 5.43. The van der Waals surface area contributed by atoms with E-state index in [1.54, 1.807) is 0 Å². The average molecular weight is 251 g/mol. The van der Waals surface area contributed by atoms with E-state index in [1.807, 2.05) is 0 Å². The molecule has 3 aliphatic rings. The van der Waals surface area contributed by atoms with E-state index in [4.69, 9.17) is 0 Å². The second-order valence-corrected chi connectivity index (χ2v) is 6.59. The van der Waals surface area contributed by atoms with Gasteiger partial charge < -0.3 is 15.1 Å². The fraction of sp³-hybridized carbons (Fsp3) is 1.00. The second-order valence-electron chi connectivity index (χ2n) is 6.59. The van der Waals surface area contributed by atoms with Crippen LogP contribution in [0.2, 0.25) is 0 Å². The molecule has 0 atom stereocenters. The summed E-state index contributed by atoms with van der Waals surface area (Å²) in [5.74, 6) is 2.10. The van der Waals surface area contributed by atoms with E-state index < -0.39 is 0 Å². The summed E-state index contributed by atoms with van der Waals surface area (Å²) in [7, 11) is 0. The van der Waals surface area contributed by atoms with E-state index in [0.717, 1.165) is 11.8 Å².